The van der Waals surface area contributed by atoms with Gasteiger partial charge in [-0.05, 0) is 67.9 Å². The zero-order valence-electron chi connectivity index (χ0n) is 16.5. The number of amides is 2. The van der Waals surface area contributed by atoms with Gasteiger partial charge < -0.3 is 16.4 Å². The molecule has 1 heterocycles. The number of hydrogen-bond donors (Lipinski definition) is 3. The number of carbonyl (C=O) groups is 2. The van der Waals surface area contributed by atoms with E-state index >= 15 is 0 Å². The molecule has 0 aliphatic carbocycles. The van der Waals surface area contributed by atoms with Crippen LogP contribution in [-0.2, 0) is 11.3 Å². The van der Waals surface area contributed by atoms with Crippen LogP contribution >= 0.6 is 12.4 Å². The van der Waals surface area contributed by atoms with Crippen molar-refractivity contribution in [3.05, 3.63) is 59.7 Å². The summed E-state index contributed by atoms with van der Waals surface area (Å²) < 4.78 is 0. The van der Waals surface area contributed by atoms with Crippen LogP contribution in [0.1, 0.15) is 41.6 Å². The summed E-state index contributed by atoms with van der Waals surface area (Å²) in [6, 6.07) is 14.4. The van der Waals surface area contributed by atoms with E-state index in [0.717, 1.165) is 37.2 Å². The standard InChI is InChI=1S/C22H28N4O2.ClH/c23-15-17-5-7-18(8-6-17)22(28)25-20-11-9-19(10-12-20)24-21(27)16-26-13-3-1-2-4-14-26;/h5-12H,1-4,13-16,23H2,(H,24,27)(H,25,28);1H. The molecule has 6 nitrogen and oxygen atoms in total. The van der Waals surface area contributed by atoms with Crippen molar-refractivity contribution in [3.8, 4) is 0 Å². The molecule has 29 heavy (non-hydrogen) atoms. The van der Waals surface area contributed by atoms with E-state index in [0.29, 0.717) is 24.3 Å². The van der Waals surface area contributed by atoms with Crippen LogP contribution < -0.4 is 16.4 Å². The van der Waals surface area contributed by atoms with E-state index in [1.807, 2.05) is 12.1 Å². The van der Waals surface area contributed by atoms with Gasteiger partial charge in [0.15, 0.2) is 0 Å². The summed E-state index contributed by atoms with van der Waals surface area (Å²) >= 11 is 0. The second-order valence-corrected chi connectivity index (χ2v) is 7.17. The quantitative estimate of drug-likeness (QED) is 0.670. The minimum Gasteiger partial charge on any atom is -0.326 e. The van der Waals surface area contributed by atoms with Crippen LogP contribution in [0.5, 0.6) is 0 Å². The summed E-state index contributed by atoms with van der Waals surface area (Å²) in [5.41, 5.74) is 8.54. The van der Waals surface area contributed by atoms with Crippen molar-refractivity contribution >= 4 is 35.6 Å². The Labute approximate surface area is 178 Å². The van der Waals surface area contributed by atoms with Crippen LogP contribution in [0.25, 0.3) is 0 Å². The molecule has 3 rings (SSSR count). The number of nitrogens with zero attached hydrogens (tertiary/aromatic N) is 1. The summed E-state index contributed by atoms with van der Waals surface area (Å²) in [7, 11) is 0. The van der Waals surface area contributed by atoms with Gasteiger partial charge in [0.25, 0.3) is 5.91 Å². The van der Waals surface area contributed by atoms with Crippen molar-refractivity contribution in [2.45, 2.75) is 32.2 Å². The van der Waals surface area contributed by atoms with Gasteiger partial charge in [0.1, 0.15) is 0 Å². The summed E-state index contributed by atoms with van der Waals surface area (Å²) in [6.45, 7) is 2.86. The lowest BCUT2D eigenvalue weighted by Crippen LogP contribution is -2.33. The van der Waals surface area contributed by atoms with Crippen LogP contribution in [0.2, 0.25) is 0 Å². The third-order valence-electron chi connectivity index (χ3n) is 4.94. The number of nitrogens with two attached hydrogens (primary N) is 1. The van der Waals surface area contributed by atoms with Crippen molar-refractivity contribution in [2.75, 3.05) is 30.3 Å². The van der Waals surface area contributed by atoms with E-state index < -0.39 is 0 Å². The smallest absolute Gasteiger partial charge is 0.255 e. The fraction of sp³-hybridized carbons (Fsp3) is 0.364. The van der Waals surface area contributed by atoms with Gasteiger partial charge in [-0.1, -0.05) is 25.0 Å². The van der Waals surface area contributed by atoms with Gasteiger partial charge >= 0.3 is 0 Å². The first-order chi connectivity index (χ1) is 13.6. The highest BCUT2D eigenvalue weighted by Crippen LogP contribution is 2.16. The maximum Gasteiger partial charge on any atom is 0.255 e. The van der Waals surface area contributed by atoms with Gasteiger partial charge in [0.05, 0.1) is 6.54 Å². The van der Waals surface area contributed by atoms with E-state index in [-0.39, 0.29) is 24.2 Å². The maximum atomic E-state index is 12.3. The monoisotopic (exact) mass is 416 g/mol. The van der Waals surface area contributed by atoms with Gasteiger partial charge in [0, 0.05) is 23.5 Å². The Hall–Kier alpha value is -2.41. The van der Waals surface area contributed by atoms with Crippen molar-refractivity contribution in [3.63, 3.8) is 0 Å². The van der Waals surface area contributed by atoms with Gasteiger partial charge in [-0.3, -0.25) is 14.5 Å². The molecule has 2 aromatic rings. The first-order valence-electron chi connectivity index (χ1n) is 9.87. The van der Waals surface area contributed by atoms with E-state index in [1.54, 1.807) is 36.4 Å². The number of rotatable bonds is 6. The Bertz CT molecular complexity index is 785. The Morgan fingerprint density at radius 3 is 1.93 bits per heavy atom. The number of anilines is 2. The van der Waals surface area contributed by atoms with Gasteiger partial charge in [-0.25, -0.2) is 0 Å². The molecular weight excluding hydrogens is 388 g/mol. The average molecular weight is 417 g/mol. The summed E-state index contributed by atoms with van der Waals surface area (Å²) in [6.07, 6.45) is 4.83. The van der Waals surface area contributed by atoms with Gasteiger partial charge in [-0.15, -0.1) is 12.4 Å². The summed E-state index contributed by atoms with van der Waals surface area (Å²) in [5.74, 6) is -0.180. The Morgan fingerprint density at radius 2 is 1.38 bits per heavy atom. The zero-order chi connectivity index (χ0) is 19.8. The van der Waals surface area contributed by atoms with Crippen LogP contribution in [0.15, 0.2) is 48.5 Å². The Morgan fingerprint density at radius 1 is 0.828 bits per heavy atom. The van der Waals surface area contributed by atoms with Crippen molar-refractivity contribution in [2.24, 2.45) is 5.73 Å². The van der Waals surface area contributed by atoms with Crippen LogP contribution in [0.3, 0.4) is 0 Å². The van der Waals surface area contributed by atoms with Gasteiger partial charge in [-0.2, -0.15) is 0 Å². The third-order valence-corrected chi connectivity index (χ3v) is 4.94. The normalized spacial score (nSPS) is 14.4. The van der Waals surface area contributed by atoms with Gasteiger partial charge in [0.2, 0.25) is 5.91 Å². The van der Waals surface area contributed by atoms with Crippen LogP contribution in [0, 0.1) is 0 Å². The number of likely N-dealkylation sites (tertiary alicyclic amines) is 1. The molecule has 0 unspecified atom stereocenters. The summed E-state index contributed by atoms with van der Waals surface area (Å²) in [4.78, 5) is 26.8. The molecule has 0 spiro atoms. The molecule has 0 saturated carbocycles. The Kier molecular flexibility index (Phi) is 9.12. The van der Waals surface area contributed by atoms with Crippen LogP contribution in [0.4, 0.5) is 11.4 Å². The topological polar surface area (TPSA) is 87.5 Å². The Balaban J connectivity index is 0.00000300. The molecule has 1 fully saturated rings. The molecule has 156 valence electrons. The van der Waals surface area contributed by atoms with E-state index in [2.05, 4.69) is 15.5 Å². The third kappa shape index (κ3) is 7.16. The van der Waals surface area contributed by atoms with E-state index in [4.69, 9.17) is 5.73 Å². The lowest BCUT2D eigenvalue weighted by atomic mass is 10.1. The minimum atomic E-state index is -0.179. The molecule has 2 aromatic carbocycles. The lowest BCUT2D eigenvalue weighted by molar-refractivity contribution is -0.117. The number of carbonyl (C=O) groups excluding carboxylic acids is 2. The predicted molar refractivity (Wildman–Crippen MR) is 120 cm³/mol. The number of halogens is 1. The van der Waals surface area contributed by atoms with Crippen molar-refractivity contribution in [1.29, 1.82) is 0 Å². The van der Waals surface area contributed by atoms with Crippen LogP contribution in [-0.4, -0.2) is 36.3 Å². The van der Waals surface area contributed by atoms with E-state index in [9.17, 15) is 9.59 Å². The molecule has 1 aliphatic rings. The second-order valence-electron chi connectivity index (χ2n) is 7.17. The molecule has 2 amide bonds. The molecule has 0 aromatic heterocycles. The fourth-order valence-electron chi connectivity index (χ4n) is 3.33. The number of hydrogen-bond acceptors (Lipinski definition) is 4. The molecule has 7 heteroatoms. The average Bonchev–Trinajstić information content (AvgIpc) is 2.98. The number of nitrogens with one attached hydrogen (secondary N) is 2. The molecule has 4 N–H and O–H groups in total. The molecule has 0 radical (unpaired) electrons. The predicted octanol–water partition coefficient (Wildman–Crippen LogP) is 3.63. The molecular formula is C22H29ClN4O2. The first kappa shape index (κ1) is 22.9. The summed E-state index contributed by atoms with van der Waals surface area (Å²) in [5, 5.41) is 5.79. The largest absolute Gasteiger partial charge is 0.326 e. The fourth-order valence-corrected chi connectivity index (χ4v) is 3.33. The highest BCUT2D eigenvalue weighted by atomic mass is 35.5. The van der Waals surface area contributed by atoms with E-state index in [1.165, 1.54) is 12.8 Å². The number of benzene rings is 2. The van der Waals surface area contributed by atoms with Crippen molar-refractivity contribution < 1.29 is 9.59 Å². The SMILES string of the molecule is Cl.NCc1ccc(C(=O)Nc2ccc(NC(=O)CN3CCCCCC3)cc2)cc1. The highest BCUT2D eigenvalue weighted by molar-refractivity contribution is 6.04. The highest BCUT2D eigenvalue weighted by Gasteiger charge is 2.13. The maximum absolute atomic E-state index is 12.3. The lowest BCUT2D eigenvalue weighted by Gasteiger charge is -2.19. The minimum absolute atomic E-state index is 0. The zero-order valence-corrected chi connectivity index (χ0v) is 17.3. The molecule has 1 saturated heterocycles. The first-order valence-corrected chi connectivity index (χ1v) is 9.87. The van der Waals surface area contributed by atoms with Crippen molar-refractivity contribution in [1.82, 2.24) is 4.90 Å². The molecule has 0 atom stereocenters. The second kappa shape index (κ2) is 11.6. The molecule has 0 bridgehead atoms. The molecule has 1 aliphatic heterocycles.